The summed E-state index contributed by atoms with van der Waals surface area (Å²) in [6, 6.07) is 7.03. The van der Waals surface area contributed by atoms with Gasteiger partial charge in [0.05, 0.1) is 17.6 Å². The van der Waals surface area contributed by atoms with E-state index in [4.69, 9.17) is 4.74 Å². The third kappa shape index (κ3) is 4.78. The van der Waals surface area contributed by atoms with Crippen LogP contribution in [-0.2, 0) is 21.2 Å². The normalized spacial score (nSPS) is 20.6. The van der Waals surface area contributed by atoms with E-state index in [2.05, 4.69) is 16.7 Å². The third-order valence-electron chi connectivity index (χ3n) is 3.74. The quantitative estimate of drug-likeness (QED) is 0.859. The predicted molar refractivity (Wildman–Crippen MR) is 82.9 cm³/mol. The molecule has 0 spiro atoms. The molecule has 0 aliphatic carbocycles. The molecule has 5 nitrogen and oxygen atoms in total. The van der Waals surface area contributed by atoms with Gasteiger partial charge in [0.1, 0.15) is 0 Å². The number of hydrogen-bond donors (Lipinski definition) is 1. The lowest BCUT2D eigenvalue weighted by molar-refractivity contribution is -0.0222. The summed E-state index contributed by atoms with van der Waals surface area (Å²) in [6.45, 7) is 4.95. The SMILES string of the molecule is CCc1ccc(S(=O)(=O)NCCC2CN(C)CCO2)cc1. The van der Waals surface area contributed by atoms with Crippen LogP contribution in [0.5, 0.6) is 0 Å². The van der Waals surface area contributed by atoms with Crippen molar-refractivity contribution in [2.75, 3.05) is 33.3 Å². The second-order valence-corrected chi connectivity index (χ2v) is 7.21. The van der Waals surface area contributed by atoms with Gasteiger partial charge in [-0.05, 0) is 37.6 Å². The van der Waals surface area contributed by atoms with Gasteiger partial charge in [0.2, 0.25) is 10.0 Å². The van der Waals surface area contributed by atoms with E-state index in [0.717, 1.165) is 25.1 Å². The minimum Gasteiger partial charge on any atom is -0.376 e. The standard InChI is InChI=1S/C15H24N2O3S/c1-3-13-4-6-15(7-5-13)21(18,19)16-9-8-14-12-17(2)10-11-20-14/h4-7,14,16H,3,8-12H2,1-2H3. The molecule has 1 N–H and O–H groups in total. The smallest absolute Gasteiger partial charge is 0.240 e. The van der Waals surface area contributed by atoms with E-state index in [1.54, 1.807) is 12.1 Å². The number of morpholine rings is 1. The first-order chi connectivity index (χ1) is 10.0. The summed E-state index contributed by atoms with van der Waals surface area (Å²) in [6.07, 6.45) is 1.70. The average molecular weight is 312 g/mol. The highest BCUT2D eigenvalue weighted by Gasteiger charge is 2.19. The van der Waals surface area contributed by atoms with Gasteiger partial charge in [0.15, 0.2) is 0 Å². The molecule has 0 bridgehead atoms. The lowest BCUT2D eigenvalue weighted by Crippen LogP contribution is -2.41. The van der Waals surface area contributed by atoms with Crippen LogP contribution in [0.4, 0.5) is 0 Å². The summed E-state index contributed by atoms with van der Waals surface area (Å²) in [7, 11) is -1.37. The Morgan fingerprint density at radius 2 is 2.05 bits per heavy atom. The monoisotopic (exact) mass is 312 g/mol. The molecule has 1 aliphatic rings. The lowest BCUT2D eigenvalue weighted by atomic mass is 10.2. The average Bonchev–Trinajstić information content (AvgIpc) is 2.47. The van der Waals surface area contributed by atoms with Crippen molar-refractivity contribution >= 4 is 10.0 Å². The molecule has 1 aliphatic heterocycles. The molecule has 0 radical (unpaired) electrons. The summed E-state index contributed by atoms with van der Waals surface area (Å²) >= 11 is 0. The molecule has 1 aromatic carbocycles. The zero-order valence-electron chi connectivity index (χ0n) is 12.7. The zero-order valence-corrected chi connectivity index (χ0v) is 13.5. The van der Waals surface area contributed by atoms with Crippen LogP contribution in [0.2, 0.25) is 0 Å². The lowest BCUT2D eigenvalue weighted by Gasteiger charge is -2.30. The van der Waals surface area contributed by atoms with Gasteiger partial charge in [-0.1, -0.05) is 19.1 Å². The van der Waals surface area contributed by atoms with E-state index in [1.807, 2.05) is 19.1 Å². The molecule has 6 heteroatoms. The number of ether oxygens (including phenoxy) is 1. The number of nitrogens with zero attached hydrogens (tertiary/aromatic N) is 1. The number of nitrogens with one attached hydrogen (secondary N) is 1. The fraction of sp³-hybridized carbons (Fsp3) is 0.600. The van der Waals surface area contributed by atoms with Crippen LogP contribution in [0.3, 0.4) is 0 Å². The highest BCUT2D eigenvalue weighted by Crippen LogP contribution is 2.12. The molecule has 0 saturated carbocycles. The second kappa shape index (κ2) is 7.35. The largest absolute Gasteiger partial charge is 0.376 e. The minimum atomic E-state index is -3.42. The van der Waals surface area contributed by atoms with Gasteiger partial charge in [-0.2, -0.15) is 0 Å². The molecular formula is C15H24N2O3S. The Labute approximate surface area is 127 Å². The second-order valence-electron chi connectivity index (χ2n) is 5.44. The van der Waals surface area contributed by atoms with Gasteiger partial charge >= 0.3 is 0 Å². The molecule has 2 rings (SSSR count). The molecular weight excluding hydrogens is 288 g/mol. The van der Waals surface area contributed by atoms with Crippen molar-refractivity contribution in [2.45, 2.75) is 30.8 Å². The number of hydrogen-bond acceptors (Lipinski definition) is 4. The Bertz CT molecular complexity index is 543. The maximum Gasteiger partial charge on any atom is 0.240 e. The number of benzene rings is 1. The molecule has 1 heterocycles. The number of rotatable bonds is 6. The molecule has 0 amide bonds. The van der Waals surface area contributed by atoms with Gasteiger partial charge in [-0.3, -0.25) is 0 Å². The summed E-state index contributed by atoms with van der Waals surface area (Å²) in [4.78, 5) is 2.52. The number of sulfonamides is 1. The molecule has 118 valence electrons. The van der Waals surface area contributed by atoms with E-state index in [1.165, 1.54) is 0 Å². The first kappa shape index (κ1) is 16.4. The molecule has 1 saturated heterocycles. The van der Waals surface area contributed by atoms with Crippen LogP contribution in [0, 0.1) is 0 Å². The summed E-state index contributed by atoms with van der Waals surface area (Å²) in [5.74, 6) is 0. The Kier molecular flexibility index (Phi) is 5.75. The van der Waals surface area contributed by atoms with E-state index in [9.17, 15) is 8.42 Å². The molecule has 1 aromatic rings. The highest BCUT2D eigenvalue weighted by atomic mass is 32.2. The fourth-order valence-electron chi connectivity index (χ4n) is 2.38. The fourth-order valence-corrected chi connectivity index (χ4v) is 3.43. The van der Waals surface area contributed by atoms with Crippen molar-refractivity contribution in [1.82, 2.24) is 9.62 Å². The summed E-state index contributed by atoms with van der Waals surface area (Å²) in [5, 5.41) is 0. The van der Waals surface area contributed by atoms with E-state index < -0.39 is 10.0 Å². The van der Waals surface area contributed by atoms with Gasteiger partial charge in [-0.25, -0.2) is 13.1 Å². The van der Waals surface area contributed by atoms with Crippen molar-refractivity contribution in [3.05, 3.63) is 29.8 Å². The number of likely N-dealkylation sites (N-methyl/N-ethyl adjacent to an activating group) is 1. The molecule has 21 heavy (non-hydrogen) atoms. The topological polar surface area (TPSA) is 58.6 Å². The first-order valence-corrected chi connectivity index (χ1v) is 8.88. The maximum atomic E-state index is 12.2. The van der Waals surface area contributed by atoms with Crippen molar-refractivity contribution < 1.29 is 13.2 Å². The first-order valence-electron chi connectivity index (χ1n) is 7.40. The van der Waals surface area contributed by atoms with Gasteiger partial charge in [-0.15, -0.1) is 0 Å². The van der Waals surface area contributed by atoms with Crippen LogP contribution >= 0.6 is 0 Å². The Morgan fingerprint density at radius 1 is 1.33 bits per heavy atom. The predicted octanol–water partition coefficient (Wildman–Crippen LogP) is 1.25. The van der Waals surface area contributed by atoms with Crippen molar-refractivity contribution in [3.63, 3.8) is 0 Å². The molecule has 0 aromatic heterocycles. The Hall–Kier alpha value is -0.950. The summed E-state index contributed by atoms with van der Waals surface area (Å²) < 4.78 is 32.6. The van der Waals surface area contributed by atoms with Gasteiger partial charge < -0.3 is 9.64 Å². The zero-order chi connectivity index (χ0) is 15.3. The van der Waals surface area contributed by atoms with E-state index in [-0.39, 0.29) is 6.10 Å². The van der Waals surface area contributed by atoms with E-state index >= 15 is 0 Å². The highest BCUT2D eigenvalue weighted by molar-refractivity contribution is 7.89. The Morgan fingerprint density at radius 3 is 2.67 bits per heavy atom. The Balaban J connectivity index is 1.85. The van der Waals surface area contributed by atoms with E-state index in [0.29, 0.717) is 24.5 Å². The van der Waals surface area contributed by atoms with Crippen LogP contribution in [0.25, 0.3) is 0 Å². The van der Waals surface area contributed by atoms with Gasteiger partial charge in [0.25, 0.3) is 0 Å². The van der Waals surface area contributed by atoms with Gasteiger partial charge in [0, 0.05) is 19.6 Å². The molecule has 1 atom stereocenters. The van der Waals surface area contributed by atoms with Crippen molar-refractivity contribution in [1.29, 1.82) is 0 Å². The van der Waals surface area contributed by atoms with Crippen LogP contribution < -0.4 is 4.72 Å². The summed E-state index contributed by atoms with van der Waals surface area (Å²) in [5.41, 5.74) is 1.13. The number of aryl methyl sites for hydroxylation is 1. The maximum absolute atomic E-state index is 12.2. The van der Waals surface area contributed by atoms with Crippen molar-refractivity contribution in [2.24, 2.45) is 0 Å². The third-order valence-corrected chi connectivity index (χ3v) is 5.22. The van der Waals surface area contributed by atoms with Crippen LogP contribution in [0.15, 0.2) is 29.2 Å². The minimum absolute atomic E-state index is 0.105. The van der Waals surface area contributed by atoms with Crippen molar-refractivity contribution in [3.8, 4) is 0 Å². The van der Waals surface area contributed by atoms with Crippen LogP contribution in [-0.4, -0.2) is 52.7 Å². The van der Waals surface area contributed by atoms with Crippen LogP contribution in [0.1, 0.15) is 18.9 Å². The molecule has 1 fully saturated rings. The molecule has 1 unspecified atom stereocenters.